The minimum absolute atomic E-state index is 0.821. The van der Waals surface area contributed by atoms with E-state index in [4.69, 9.17) is 4.74 Å². The Kier molecular flexibility index (Phi) is 4.81. The molecule has 0 bridgehead atoms. The predicted molar refractivity (Wildman–Crippen MR) is 75.5 cm³/mol. The number of rotatable bonds is 7. The van der Waals surface area contributed by atoms with E-state index in [1.54, 1.807) is 0 Å². The zero-order valence-electron chi connectivity index (χ0n) is 11.4. The van der Waals surface area contributed by atoms with Gasteiger partial charge in [0, 0.05) is 26.7 Å². The van der Waals surface area contributed by atoms with E-state index in [9.17, 15) is 0 Å². The lowest BCUT2D eigenvalue weighted by atomic mass is 10.3. The Hall–Kier alpha value is -0.390. The summed E-state index contributed by atoms with van der Waals surface area (Å²) in [6.07, 6.45) is 2.72. The highest BCUT2D eigenvalue weighted by atomic mass is 79.9. The van der Waals surface area contributed by atoms with E-state index in [2.05, 4.69) is 33.0 Å². The van der Waals surface area contributed by atoms with Crippen LogP contribution in [0.15, 0.2) is 4.47 Å². The van der Waals surface area contributed by atoms with Crippen LogP contribution < -0.4 is 0 Å². The van der Waals surface area contributed by atoms with Crippen LogP contribution >= 0.6 is 15.9 Å². The molecule has 1 aromatic rings. The molecule has 0 aromatic carbocycles. The Bertz CT molecular complexity index is 401. The van der Waals surface area contributed by atoms with Crippen LogP contribution in [0.5, 0.6) is 0 Å². The van der Waals surface area contributed by atoms with Gasteiger partial charge in [0.25, 0.3) is 0 Å². The SMILES string of the molecule is Cc1nn(C)c(CN(C)CCOCC2CC2)c1Br. The third kappa shape index (κ3) is 3.80. The number of hydrogen-bond acceptors (Lipinski definition) is 3. The molecule has 1 saturated carbocycles. The van der Waals surface area contributed by atoms with Gasteiger partial charge in [0.1, 0.15) is 0 Å². The smallest absolute Gasteiger partial charge is 0.0739 e. The van der Waals surface area contributed by atoms with Crippen molar-refractivity contribution in [3.05, 3.63) is 15.9 Å². The van der Waals surface area contributed by atoms with Gasteiger partial charge >= 0.3 is 0 Å². The fraction of sp³-hybridized carbons (Fsp3) is 0.769. The minimum Gasteiger partial charge on any atom is -0.380 e. The first-order valence-corrected chi connectivity index (χ1v) is 7.31. The van der Waals surface area contributed by atoms with Gasteiger partial charge in [-0.1, -0.05) is 0 Å². The van der Waals surface area contributed by atoms with Crippen molar-refractivity contribution in [2.75, 3.05) is 26.8 Å². The third-order valence-corrected chi connectivity index (χ3v) is 4.38. The number of aromatic nitrogens is 2. The van der Waals surface area contributed by atoms with Gasteiger partial charge in [0.05, 0.1) is 22.5 Å². The Morgan fingerprint density at radius 2 is 2.22 bits per heavy atom. The summed E-state index contributed by atoms with van der Waals surface area (Å²) < 4.78 is 8.72. The number of halogens is 1. The van der Waals surface area contributed by atoms with Crippen LogP contribution in [0.25, 0.3) is 0 Å². The third-order valence-electron chi connectivity index (χ3n) is 3.35. The highest BCUT2D eigenvalue weighted by Crippen LogP contribution is 2.28. The molecule has 1 fully saturated rings. The number of ether oxygens (including phenoxy) is 1. The maximum Gasteiger partial charge on any atom is 0.0739 e. The van der Waals surface area contributed by atoms with E-state index in [1.165, 1.54) is 18.5 Å². The summed E-state index contributed by atoms with van der Waals surface area (Å²) in [5.74, 6) is 0.851. The standard InChI is InChI=1S/C13H22BrN3O/c1-10-13(14)12(17(3)15-10)8-16(2)6-7-18-9-11-4-5-11/h11H,4-9H2,1-3H3. The van der Waals surface area contributed by atoms with Crippen molar-refractivity contribution < 1.29 is 4.74 Å². The van der Waals surface area contributed by atoms with Gasteiger partial charge in [0.2, 0.25) is 0 Å². The fourth-order valence-electron chi connectivity index (χ4n) is 1.94. The lowest BCUT2D eigenvalue weighted by molar-refractivity contribution is 0.101. The topological polar surface area (TPSA) is 30.3 Å². The molecule has 102 valence electrons. The van der Waals surface area contributed by atoms with Crippen LogP contribution in [-0.2, 0) is 18.3 Å². The quantitative estimate of drug-likeness (QED) is 0.724. The molecule has 1 heterocycles. The summed E-state index contributed by atoms with van der Waals surface area (Å²) in [5.41, 5.74) is 2.27. The van der Waals surface area contributed by atoms with Crippen LogP contribution in [0.3, 0.4) is 0 Å². The second-order valence-electron chi connectivity index (χ2n) is 5.23. The van der Waals surface area contributed by atoms with Crippen molar-refractivity contribution in [3.63, 3.8) is 0 Å². The van der Waals surface area contributed by atoms with Gasteiger partial charge in [-0.2, -0.15) is 5.10 Å². The molecule has 5 heteroatoms. The molecule has 1 aliphatic rings. The number of likely N-dealkylation sites (N-methyl/N-ethyl adjacent to an activating group) is 1. The van der Waals surface area contributed by atoms with Crippen molar-refractivity contribution in [2.45, 2.75) is 26.3 Å². The van der Waals surface area contributed by atoms with Crippen LogP contribution in [0, 0.1) is 12.8 Å². The van der Waals surface area contributed by atoms with E-state index < -0.39 is 0 Å². The summed E-state index contributed by atoms with van der Waals surface area (Å²) in [6, 6.07) is 0. The largest absolute Gasteiger partial charge is 0.380 e. The molecule has 18 heavy (non-hydrogen) atoms. The lowest BCUT2D eigenvalue weighted by Crippen LogP contribution is -2.24. The first-order valence-electron chi connectivity index (χ1n) is 6.52. The molecule has 2 rings (SSSR count). The van der Waals surface area contributed by atoms with Crippen LogP contribution in [0.4, 0.5) is 0 Å². The second kappa shape index (κ2) is 6.17. The molecular weight excluding hydrogens is 294 g/mol. The monoisotopic (exact) mass is 315 g/mol. The molecule has 0 aliphatic heterocycles. The van der Waals surface area contributed by atoms with Crippen LogP contribution in [0.1, 0.15) is 24.2 Å². The van der Waals surface area contributed by atoms with Crippen molar-refractivity contribution in [1.82, 2.24) is 14.7 Å². The summed E-state index contributed by atoms with van der Waals surface area (Å²) in [4.78, 5) is 2.27. The molecule has 0 atom stereocenters. The van der Waals surface area contributed by atoms with Gasteiger partial charge in [-0.15, -0.1) is 0 Å². The molecule has 0 saturated heterocycles. The molecule has 0 N–H and O–H groups in total. The van der Waals surface area contributed by atoms with Crippen molar-refractivity contribution in [3.8, 4) is 0 Å². The molecule has 4 nitrogen and oxygen atoms in total. The zero-order valence-corrected chi connectivity index (χ0v) is 13.0. The summed E-state index contributed by atoms with van der Waals surface area (Å²) in [6.45, 7) is 5.64. The predicted octanol–water partition coefficient (Wildman–Crippen LogP) is 2.35. The van der Waals surface area contributed by atoms with E-state index in [0.29, 0.717) is 0 Å². The summed E-state index contributed by atoms with van der Waals surface area (Å²) in [7, 11) is 4.11. The van der Waals surface area contributed by atoms with E-state index in [0.717, 1.165) is 42.4 Å². The lowest BCUT2D eigenvalue weighted by Gasteiger charge is -2.17. The Balaban J connectivity index is 1.73. The van der Waals surface area contributed by atoms with Crippen molar-refractivity contribution in [1.29, 1.82) is 0 Å². The fourth-order valence-corrected chi connectivity index (χ4v) is 2.40. The summed E-state index contributed by atoms with van der Waals surface area (Å²) in [5, 5.41) is 4.40. The Morgan fingerprint density at radius 3 is 2.78 bits per heavy atom. The van der Waals surface area contributed by atoms with Crippen LogP contribution in [-0.4, -0.2) is 41.5 Å². The average Bonchev–Trinajstić information content (AvgIpc) is 3.10. The van der Waals surface area contributed by atoms with Crippen molar-refractivity contribution in [2.24, 2.45) is 13.0 Å². The minimum atomic E-state index is 0.821. The molecule has 1 aliphatic carbocycles. The van der Waals surface area contributed by atoms with E-state index in [-0.39, 0.29) is 0 Å². The highest BCUT2D eigenvalue weighted by Gasteiger charge is 2.21. The number of hydrogen-bond donors (Lipinski definition) is 0. The van der Waals surface area contributed by atoms with Gasteiger partial charge in [-0.3, -0.25) is 9.58 Å². The first kappa shape index (κ1) is 14.0. The molecule has 0 radical (unpaired) electrons. The van der Waals surface area contributed by atoms with E-state index >= 15 is 0 Å². The van der Waals surface area contributed by atoms with Gasteiger partial charge in [-0.25, -0.2) is 0 Å². The normalized spacial score (nSPS) is 15.6. The number of aryl methyl sites for hydroxylation is 2. The molecular formula is C13H22BrN3O. The van der Waals surface area contributed by atoms with Crippen molar-refractivity contribution >= 4 is 15.9 Å². The number of nitrogens with zero attached hydrogens (tertiary/aromatic N) is 3. The van der Waals surface area contributed by atoms with E-state index in [1.807, 2.05) is 18.7 Å². The highest BCUT2D eigenvalue weighted by molar-refractivity contribution is 9.10. The first-order chi connectivity index (χ1) is 8.58. The van der Waals surface area contributed by atoms with Gasteiger partial charge in [-0.05, 0) is 48.7 Å². The molecule has 0 amide bonds. The molecule has 1 aromatic heterocycles. The molecule has 0 spiro atoms. The molecule has 0 unspecified atom stereocenters. The maximum absolute atomic E-state index is 5.66. The average molecular weight is 316 g/mol. The van der Waals surface area contributed by atoms with Crippen LogP contribution in [0.2, 0.25) is 0 Å². The maximum atomic E-state index is 5.66. The van der Waals surface area contributed by atoms with Gasteiger partial charge < -0.3 is 4.74 Å². The summed E-state index contributed by atoms with van der Waals surface area (Å²) >= 11 is 3.60. The second-order valence-corrected chi connectivity index (χ2v) is 6.02. The van der Waals surface area contributed by atoms with Gasteiger partial charge in [0.15, 0.2) is 0 Å². The Labute approximate surface area is 117 Å². The Morgan fingerprint density at radius 1 is 1.50 bits per heavy atom. The zero-order chi connectivity index (χ0) is 13.1.